The topological polar surface area (TPSA) is 80.9 Å². The van der Waals surface area contributed by atoms with Gasteiger partial charge in [-0.3, -0.25) is 9.78 Å². The number of rotatable bonds is 4. The highest BCUT2D eigenvalue weighted by atomic mass is 16.2. The Bertz CT molecular complexity index is 405. The predicted molar refractivity (Wildman–Crippen MR) is 54.3 cm³/mol. The molecule has 3 N–H and O–H groups in total. The number of hydrogen-bond donors (Lipinski definition) is 2. The van der Waals surface area contributed by atoms with Gasteiger partial charge in [0.1, 0.15) is 0 Å². The van der Waals surface area contributed by atoms with Crippen LogP contribution in [0.2, 0.25) is 0 Å². The molecule has 5 nitrogen and oxygen atoms in total. The zero-order valence-corrected chi connectivity index (χ0v) is 8.25. The Morgan fingerprint density at radius 1 is 1.43 bits per heavy atom. The molecule has 0 saturated carbocycles. The third kappa shape index (κ3) is 2.56. The summed E-state index contributed by atoms with van der Waals surface area (Å²) in [6.07, 6.45) is 3.31. The molecule has 0 fully saturated rings. The molecule has 0 spiro atoms. The highest BCUT2D eigenvalue weighted by Crippen LogP contribution is 1.91. The number of hydrogen-bond acceptors (Lipinski definition) is 3. The molecule has 0 unspecified atom stereocenters. The molecule has 78 valence electrons. The summed E-state index contributed by atoms with van der Waals surface area (Å²) in [7, 11) is 0. The lowest BCUT2D eigenvalue weighted by molar-refractivity contribution is 0.582. The maximum absolute atomic E-state index is 11.3. The van der Waals surface area contributed by atoms with Crippen molar-refractivity contribution in [3.8, 4) is 0 Å². The standard InChI is InChI=1S/C9H15N3O2/c1-7-6-12(5-3-2-4-10)9(14)11-8(7)13/h6H,2-5,10H2,1H3,(H,11,13,14). The zero-order valence-electron chi connectivity index (χ0n) is 8.25. The normalized spacial score (nSPS) is 10.4. The first-order valence-corrected chi connectivity index (χ1v) is 4.65. The van der Waals surface area contributed by atoms with Crippen molar-refractivity contribution in [2.24, 2.45) is 5.73 Å². The Labute approximate surface area is 81.6 Å². The van der Waals surface area contributed by atoms with Gasteiger partial charge in [0.05, 0.1) is 0 Å². The van der Waals surface area contributed by atoms with E-state index in [-0.39, 0.29) is 11.2 Å². The van der Waals surface area contributed by atoms with E-state index in [1.54, 1.807) is 13.1 Å². The van der Waals surface area contributed by atoms with Gasteiger partial charge in [-0.15, -0.1) is 0 Å². The highest BCUT2D eigenvalue weighted by molar-refractivity contribution is 5.00. The van der Waals surface area contributed by atoms with Crippen molar-refractivity contribution in [1.82, 2.24) is 9.55 Å². The van der Waals surface area contributed by atoms with Crippen LogP contribution in [0.15, 0.2) is 15.8 Å². The molecule has 0 atom stereocenters. The van der Waals surface area contributed by atoms with Crippen molar-refractivity contribution in [1.29, 1.82) is 0 Å². The summed E-state index contributed by atoms with van der Waals surface area (Å²) in [4.78, 5) is 24.6. The summed E-state index contributed by atoms with van der Waals surface area (Å²) in [6.45, 7) is 2.91. The molecule has 0 saturated heterocycles. The van der Waals surface area contributed by atoms with Crippen molar-refractivity contribution in [2.75, 3.05) is 6.54 Å². The van der Waals surface area contributed by atoms with Crippen LogP contribution in [0.25, 0.3) is 0 Å². The lowest BCUT2D eigenvalue weighted by Crippen LogP contribution is -2.30. The Morgan fingerprint density at radius 3 is 2.79 bits per heavy atom. The van der Waals surface area contributed by atoms with Gasteiger partial charge >= 0.3 is 5.69 Å². The molecule has 0 amide bonds. The summed E-state index contributed by atoms with van der Waals surface area (Å²) < 4.78 is 1.51. The van der Waals surface area contributed by atoms with Gasteiger partial charge in [0, 0.05) is 18.3 Å². The van der Waals surface area contributed by atoms with Crippen LogP contribution in [-0.2, 0) is 6.54 Å². The molecule has 1 rings (SSSR count). The lowest BCUT2D eigenvalue weighted by Gasteiger charge is -2.04. The van der Waals surface area contributed by atoms with Crippen molar-refractivity contribution >= 4 is 0 Å². The van der Waals surface area contributed by atoms with E-state index in [0.717, 1.165) is 12.8 Å². The van der Waals surface area contributed by atoms with Crippen LogP contribution in [0.4, 0.5) is 0 Å². The maximum atomic E-state index is 11.3. The number of aryl methyl sites for hydroxylation is 2. The summed E-state index contributed by atoms with van der Waals surface area (Å²) >= 11 is 0. The summed E-state index contributed by atoms with van der Waals surface area (Å²) in [5.41, 5.74) is 5.23. The van der Waals surface area contributed by atoms with Gasteiger partial charge < -0.3 is 10.3 Å². The number of nitrogens with one attached hydrogen (secondary N) is 1. The van der Waals surface area contributed by atoms with Crippen molar-refractivity contribution in [3.63, 3.8) is 0 Å². The van der Waals surface area contributed by atoms with E-state index >= 15 is 0 Å². The monoisotopic (exact) mass is 197 g/mol. The average Bonchev–Trinajstić information content (AvgIpc) is 2.14. The zero-order chi connectivity index (χ0) is 10.6. The minimum absolute atomic E-state index is 0.315. The second-order valence-corrected chi connectivity index (χ2v) is 3.26. The first-order valence-electron chi connectivity index (χ1n) is 4.65. The van der Waals surface area contributed by atoms with Gasteiger partial charge in [-0.2, -0.15) is 0 Å². The molecule has 0 aliphatic rings. The molecule has 0 radical (unpaired) electrons. The minimum Gasteiger partial charge on any atom is -0.330 e. The molecule has 0 aliphatic carbocycles. The molecule has 1 heterocycles. The first-order chi connectivity index (χ1) is 6.65. The van der Waals surface area contributed by atoms with E-state index in [9.17, 15) is 9.59 Å². The summed E-state index contributed by atoms with van der Waals surface area (Å²) in [6, 6.07) is 0. The van der Waals surface area contributed by atoms with Gasteiger partial charge in [-0.1, -0.05) is 0 Å². The van der Waals surface area contributed by atoms with Crippen molar-refractivity contribution in [3.05, 3.63) is 32.6 Å². The molecule has 14 heavy (non-hydrogen) atoms. The fourth-order valence-corrected chi connectivity index (χ4v) is 1.21. The number of aromatic nitrogens is 2. The number of H-pyrrole nitrogens is 1. The van der Waals surface area contributed by atoms with Crippen LogP contribution in [0.1, 0.15) is 18.4 Å². The molecule has 5 heteroatoms. The summed E-state index contributed by atoms with van der Waals surface area (Å²) in [5, 5.41) is 0. The second kappa shape index (κ2) is 4.76. The molecule has 0 bridgehead atoms. The molecule has 0 aliphatic heterocycles. The second-order valence-electron chi connectivity index (χ2n) is 3.26. The van der Waals surface area contributed by atoms with Crippen LogP contribution in [0, 0.1) is 6.92 Å². The average molecular weight is 197 g/mol. The van der Waals surface area contributed by atoms with E-state index in [1.807, 2.05) is 0 Å². The largest absolute Gasteiger partial charge is 0.330 e. The molecule has 1 aromatic rings. The SMILES string of the molecule is Cc1cn(CCCCN)c(=O)[nH]c1=O. The van der Waals surface area contributed by atoms with Crippen LogP contribution in [-0.4, -0.2) is 16.1 Å². The third-order valence-corrected chi connectivity index (χ3v) is 2.04. The molecular formula is C9H15N3O2. The Kier molecular flexibility index (Phi) is 3.64. The highest BCUT2D eigenvalue weighted by Gasteiger charge is 1.99. The van der Waals surface area contributed by atoms with E-state index in [2.05, 4.69) is 4.98 Å². The van der Waals surface area contributed by atoms with Crippen molar-refractivity contribution in [2.45, 2.75) is 26.3 Å². The van der Waals surface area contributed by atoms with E-state index in [4.69, 9.17) is 5.73 Å². The minimum atomic E-state index is -0.349. The fourth-order valence-electron chi connectivity index (χ4n) is 1.21. The van der Waals surface area contributed by atoms with Crippen LogP contribution < -0.4 is 17.0 Å². The van der Waals surface area contributed by atoms with Gasteiger partial charge in [-0.25, -0.2) is 4.79 Å². The number of nitrogens with two attached hydrogens (primary N) is 1. The first kappa shape index (κ1) is 10.7. The quantitative estimate of drug-likeness (QED) is 0.643. The van der Waals surface area contributed by atoms with Gasteiger partial charge in [0.15, 0.2) is 0 Å². The number of unbranched alkanes of at least 4 members (excludes halogenated alkanes) is 1. The van der Waals surface area contributed by atoms with E-state index < -0.39 is 0 Å². The van der Waals surface area contributed by atoms with Crippen LogP contribution >= 0.6 is 0 Å². The van der Waals surface area contributed by atoms with Crippen LogP contribution in [0.3, 0.4) is 0 Å². The number of nitrogens with zero attached hydrogens (tertiary/aromatic N) is 1. The molecule has 1 aromatic heterocycles. The van der Waals surface area contributed by atoms with Crippen LogP contribution in [0.5, 0.6) is 0 Å². The van der Waals surface area contributed by atoms with Gasteiger partial charge in [0.2, 0.25) is 0 Å². The fraction of sp³-hybridized carbons (Fsp3) is 0.556. The maximum Gasteiger partial charge on any atom is 0.328 e. The summed E-state index contributed by atoms with van der Waals surface area (Å²) in [5.74, 6) is 0. The lowest BCUT2D eigenvalue weighted by atomic mass is 10.3. The molecular weight excluding hydrogens is 182 g/mol. The predicted octanol–water partition coefficient (Wildman–Crippen LogP) is -0.416. The van der Waals surface area contributed by atoms with Gasteiger partial charge in [0.25, 0.3) is 5.56 Å². The van der Waals surface area contributed by atoms with Gasteiger partial charge in [-0.05, 0) is 26.3 Å². The molecule has 0 aromatic carbocycles. The van der Waals surface area contributed by atoms with E-state index in [1.165, 1.54) is 4.57 Å². The third-order valence-electron chi connectivity index (χ3n) is 2.04. The van der Waals surface area contributed by atoms with E-state index in [0.29, 0.717) is 18.7 Å². The van der Waals surface area contributed by atoms with Crippen molar-refractivity contribution < 1.29 is 0 Å². The smallest absolute Gasteiger partial charge is 0.328 e. The Hall–Kier alpha value is -1.36. The Morgan fingerprint density at radius 2 is 2.14 bits per heavy atom. The Balaban J connectivity index is 2.82. The number of aromatic amines is 1.